The van der Waals surface area contributed by atoms with Crippen molar-refractivity contribution in [3.63, 3.8) is 0 Å². The van der Waals surface area contributed by atoms with Crippen molar-refractivity contribution in [1.82, 2.24) is 10.2 Å². The molecule has 0 saturated carbocycles. The van der Waals surface area contributed by atoms with Crippen LogP contribution in [0.25, 0.3) is 0 Å². The largest absolute Gasteiger partial charge is 0.508 e. The molecule has 0 bridgehead atoms. The number of aliphatic hydroxyl groups excluding tert-OH is 1. The number of β-lactam (4-membered cyclic amide) rings is 1. The number of aliphatic hydroxyl groups is 1. The number of nitrogens with zero attached hydrogens (tertiary/aromatic N) is 1. The molecule has 2 unspecified atom stereocenters. The number of hydrogen-bond donors (Lipinski definition) is 5. The van der Waals surface area contributed by atoms with Gasteiger partial charge in [0.15, 0.2) is 6.10 Å². The maximum absolute atomic E-state index is 12.3. The highest BCUT2D eigenvalue weighted by molar-refractivity contribution is 8.00. The van der Waals surface area contributed by atoms with E-state index in [9.17, 15) is 34.5 Å². The van der Waals surface area contributed by atoms with Crippen molar-refractivity contribution in [1.29, 1.82) is 0 Å². The van der Waals surface area contributed by atoms with Gasteiger partial charge in [-0.05, 0) is 17.7 Å². The van der Waals surface area contributed by atoms with Crippen LogP contribution in [0.15, 0.2) is 35.5 Å². The Morgan fingerprint density at radius 2 is 1.78 bits per heavy atom. The number of nitrogens with one attached hydrogen (secondary N) is 1. The highest BCUT2D eigenvalue weighted by Gasteiger charge is 2.55. The van der Waals surface area contributed by atoms with Crippen LogP contribution in [-0.2, 0) is 19.2 Å². The zero-order chi connectivity index (χ0) is 19.9. The maximum atomic E-state index is 12.3. The smallest absolute Gasteiger partial charge is 0.353 e. The molecule has 0 aromatic heterocycles. The molecule has 10 nitrogen and oxygen atoms in total. The fourth-order valence-corrected chi connectivity index (χ4v) is 4.16. The second-order valence-corrected chi connectivity index (χ2v) is 6.93. The summed E-state index contributed by atoms with van der Waals surface area (Å²) in [6.07, 6.45) is -1.59. The minimum atomic E-state index is -1.59. The van der Waals surface area contributed by atoms with E-state index in [0.717, 1.165) is 16.7 Å². The summed E-state index contributed by atoms with van der Waals surface area (Å²) in [5.74, 6) is -4.80. The van der Waals surface area contributed by atoms with Gasteiger partial charge in [-0.3, -0.25) is 14.5 Å². The molecule has 3 rings (SSSR count). The lowest BCUT2D eigenvalue weighted by molar-refractivity contribution is -0.152. The van der Waals surface area contributed by atoms with Gasteiger partial charge < -0.3 is 25.7 Å². The number of phenolic OH excluding ortho intramolecular Hbond substituents is 1. The minimum absolute atomic E-state index is 0.0444. The molecule has 2 aliphatic rings. The predicted molar refractivity (Wildman–Crippen MR) is 90.4 cm³/mol. The van der Waals surface area contributed by atoms with Gasteiger partial charge in [0.2, 0.25) is 0 Å². The Bertz CT molecular complexity index is 866. The Balaban J connectivity index is 1.75. The van der Waals surface area contributed by atoms with E-state index < -0.39 is 52.5 Å². The molecule has 1 saturated heterocycles. The second kappa shape index (κ2) is 6.93. The van der Waals surface area contributed by atoms with Gasteiger partial charge in [-0.25, -0.2) is 9.59 Å². The Labute approximate surface area is 156 Å². The maximum Gasteiger partial charge on any atom is 0.353 e. The molecule has 0 spiro atoms. The molecule has 11 heteroatoms. The molecule has 2 aliphatic heterocycles. The first-order valence-corrected chi connectivity index (χ1v) is 8.69. The molecule has 5 N–H and O–H groups in total. The summed E-state index contributed by atoms with van der Waals surface area (Å²) in [5, 5.41) is 39.3. The van der Waals surface area contributed by atoms with Crippen LogP contribution in [0, 0.1) is 0 Å². The number of fused-ring (bicyclic) bond motifs is 1. The summed E-state index contributed by atoms with van der Waals surface area (Å²) in [5.41, 5.74) is -0.809. The third-order valence-corrected chi connectivity index (χ3v) is 5.46. The van der Waals surface area contributed by atoms with Crippen LogP contribution >= 0.6 is 11.8 Å². The average Bonchev–Trinajstić information content (AvgIpc) is 2.64. The summed E-state index contributed by atoms with van der Waals surface area (Å²) in [6, 6.07) is 4.17. The van der Waals surface area contributed by atoms with E-state index in [1.807, 2.05) is 0 Å². The molecule has 0 radical (unpaired) electrons. The van der Waals surface area contributed by atoms with Crippen molar-refractivity contribution in [3.05, 3.63) is 41.1 Å². The lowest BCUT2D eigenvalue weighted by atomic mass is 10.0. The van der Waals surface area contributed by atoms with E-state index in [1.54, 1.807) is 0 Å². The van der Waals surface area contributed by atoms with Crippen molar-refractivity contribution in [3.8, 4) is 5.75 Å². The Kier molecular flexibility index (Phi) is 4.81. The van der Waals surface area contributed by atoms with Gasteiger partial charge in [0.05, 0.1) is 5.57 Å². The van der Waals surface area contributed by atoms with Crippen molar-refractivity contribution >= 4 is 35.5 Å². The number of benzene rings is 1. The Hall–Kier alpha value is -3.05. The number of amides is 2. The van der Waals surface area contributed by atoms with Crippen molar-refractivity contribution < 1.29 is 39.6 Å². The van der Waals surface area contributed by atoms with Gasteiger partial charge in [-0.2, -0.15) is 0 Å². The van der Waals surface area contributed by atoms with Crippen molar-refractivity contribution in [2.75, 3.05) is 5.75 Å². The summed E-state index contributed by atoms with van der Waals surface area (Å²) in [7, 11) is 0. The highest BCUT2D eigenvalue weighted by atomic mass is 32.2. The number of carbonyl (C=O) groups excluding carboxylic acids is 2. The number of aromatic hydroxyl groups is 1. The van der Waals surface area contributed by atoms with E-state index in [4.69, 9.17) is 5.11 Å². The number of thioether (sulfide) groups is 1. The van der Waals surface area contributed by atoms with Gasteiger partial charge in [-0.15, -0.1) is 11.8 Å². The van der Waals surface area contributed by atoms with Crippen molar-refractivity contribution in [2.45, 2.75) is 17.5 Å². The molecule has 1 aromatic carbocycles. The standard InChI is InChI=1S/C16H14N2O8S/c19-7-3-1-6(2-4-7)11(20)12(21)17-9-13(22)18-10(16(25)26)8(15(23)24)5-27-14(9)18/h1-4,9,11,14,19-20H,5H2,(H,17,21)(H,23,24)(H,25,26)/t9?,11?,14-/m1/s1. The zero-order valence-corrected chi connectivity index (χ0v) is 14.3. The Morgan fingerprint density at radius 1 is 1.15 bits per heavy atom. The molecule has 142 valence electrons. The molecule has 1 aromatic rings. The SMILES string of the molecule is O=C(O)C1=C(C(=O)O)N2C(=O)C(NC(=O)C(O)c3ccc(O)cc3)[C@H]2SC1. The molecule has 3 atom stereocenters. The van der Waals surface area contributed by atoms with Crippen LogP contribution in [0.5, 0.6) is 5.75 Å². The summed E-state index contributed by atoms with van der Waals surface area (Å²) in [4.78, 5) is 47.9. The minimum Gasteiger partial charge on any atom is -0.508 e. The molecule has 0 aliphatic carbocycles. The normalized spacial score (nSPS) is 22.6. The summed E-state index contributed by atoms with van der Waals surface area (Å²) in [6.45, 7) is 0. The fourth-order valence-electron chi connectivity index (χ4n) is 2.82. The van der Waals surface area contributed by atoms with E-state index in [2.05, 4.69) is 5.32 Å². The summed E-state index contributed by atoms with van der Waals surface area (Å²) < 4.78 is 0. The fraction of sp³-hybridized carbons (Fsp3) is 0.250. The first kappa shape index (κ1) is 18.7. The molecule has 27 heavy (non-hydrogen) atoms. The zero-order valence-electron chi connectivity index (χ0n) is 13.5. The van der Waals surface area contributed by atoms with Gasteiger partial charge in [-0.1, -0.05) is 12.1 Å². The summed E-state index contributed by atoms with van der Waals surface area (Å²) >= 11 is 1.01. The molecular formula is C16H14N2O8S. The van der Waals surface area contributed by atoms with Crippen LogP contribution in [0.1, 0.15) is 11.7 Å². The number of phenols is 1. The van der Waals surface area contributed by atoms with E-state index in [1.165, 1.54) is 24.3 Å². The number of carbonyl (C=O) groups is 4. The Morgan fingerprint density at radius 3 is 2.33 bits per heavy atom. The van der Waals surface area contributed by atoms with Gasteiger partial charge >= 0.3 is 11.9 Å². The number of hydrogen-bond acceptors (Lipinski definition) is 7. The third-order valence-electron chi connectivity index (χ3n) is 4.18. The molecule has 1 fully saturated rings. The highest BCUT2D eigenvalue weighted by Crippen LogP contribution is 2.40. The number of aliphatic carboxylic acids is 2. The van der Waals surface area contributed by atoms with E-state index >= 15 is 0 Å². The van der Waals surface area contributed by atoms with Crippen LogP contribution in [0.2, 0.25) is 0 Å². The van der Waals surface area contributed by atoms with Gasteiger partial charge in [0.1, 0.15) is 22.9 Å². The van der Waals surface area contributed by atoms with E-state index in [-0.39, 0.29) is 17.1 Å². The molecule has 2 heterocycles. The number of rotatable bonds is 5. The van der Waals surface area contributed by atoms with Crippen LogP contribution < -0.4 is 5.32 Å². The average molecular weight is 394 g/mol. The number of carboxylic acids is 2. The van der Waals surface area contributed by atoms with Crippen LogP contribution in [-0.4, -0.2) is 66.2 Å². The molecular weight excluding hydrogens is 380 g/mol. The van der Waals surface area contributed by atoms with Crippen molar-refractivity contribution in [2.24, 2.45) is 0 Å². The first-order valence-electron chi connectivity index (χ1n) is 7.64. The van der Waals surface area contributed by atoms with E-state index in [0.29, 0.717) is 0 Å². The first-order chi connectivity index (χ1) is 12.7. The lowest BCUT2D eigenvalue weighted by Gasteiger charge is -2.49. The van der Waals surface area contributed by atoms with Gasteiger partial charge in [0.25, 0.3) is 11.8 Å². The van der Waals surface area contributed by atoms with Crippen LogP contribution in [0.4, 0.5) is 0 Å². The molecule has 2 amide bonds. The van der Waals surface area contributed by atoms with Crippen LogP contribution in [0.3, 0.4) is 0 Å². The second-order valence-electron chi connectivity index (χ2n) is 5.83. The lowest BCUT2D eigenvalue weighted by Crippen LogP contribution is -2.71. The topological polar surface area (TPSA) is 164 Å². The third kappa shape index (κ3) is 3.22. The monoisotopic (exact) mass is 394 g/mol. The quantitative estimate of drug-likeness (QED) is 0.404. The number of carboxylic acid groups (broad SMARTS) is 2. The predicted octanol–water partition coefficient (Wildman–Crippen LogP) is -0.751. The van der Waals surface area contributed by atoms with Gasteiger partial charge in [0, 0.05) is 5.75 Å².